The minimum Gasteiger partial charge on any atom is -0.467 e. The summed E-state index contributed by atoms with van der Waals surface area (Å²) in [6.45, 7) is 2.53. The van der Waals surface area contributed by atoms with Crippen molar-refractivity contribution in [3.05, 3.63) is 60.1 Å². The minimum atomic E-state index is -0.119. The van der Waals surface area contributed by atoms with Crippen LogP contribution in [0.4, 0.5) is 0 Å². The molecule has 4 bridgehead atoms. The molecule has 4 saturated carbocycles. The Morgan fingerprint density at radius 2 is 1.69 bits per heavy atom. The summed E-state index contributed by atoms with van der Waals surface area (Å²) in [6, 6.07) is 14.2. The van der Waals surface area contributed by atoms with Gasteiger partial charge in [-0.15, -0.1) is 0 Å². The van der Waals surface area contributed by atoms with Gasteiger partial charge in [-0.25, -0.2) is 0 Å². The van der Waals surface area contributed by atoms with Crippen LogP contribution in [0.2, 0.25) is 0 Å². The minimum absolute atomic E-state index is 0.0840. The van der Waals surface area contributed by atoms with E-state index in [0.717, 1.165) is 29.1 Å². The lowest BCUT2D eigenvalue weighted by Crippen LogP contribution is -2.56. The molecule has 4 fully saturated rings. The lowest BCUT2D eigenvalue weighted by atomic mass is 9.48. The quantitative estimate of drug-likeness (QED) is 0.719. The van der Waals surface area contributed by atoms with Crippen LogP contribution >= 0.6 is 0 Å². The van der Waals surface area contributed by atoms with Gasteiger partial charge in [-0.1, -0.05) is 30.3 Å². The maximum absolute atomic E-state index is 12.8. The molecule has 29 heavy (non-hydrogen) atoms. The summed E-state index contributed by atoms with van der Waals surface area (Å²) >= 11 is 0. The second kappa shape index (κ2) is 7.64. The first kappa shape index (κ1) is 18.9. The molecule has 4 nitrogen and oxygen atoms in total. The van der Waals surface area contributed by atoms with Crippen LogP contribution in [-0.4, -0.2) is 18.5 Å². The Kier molecular flexibility index (Phi) is 4.99. The van der Waals surface area contributed by atoms with Crippen molar-refractivity contribution in [1.82, 2.24) is 10.6 Å². The molecule has 2 aromatic rings. The van der Waals surface area contributed by atoms with Gasteiger partial charge in [0.25, 0.3) is 0 Å². The van der Waals surface area contributed by atoms with Crippen LogP contribution in [0.15, 0.2) is 53.1 Å². The second-order valence-electron chi connectivity index (χ2n) is 9.81. The standard InChI is InChI=1S/C25H32N2O2/c1-17(25-13-18-10-19(14-25)12-20(11-18)15-25)27-23(28)16-26-24(22-8-5-9-29-22)21-6-3-2-4-7-21/h2-9,17-20,24,26H,10-16H2,1H3,(H,27,28)/t17-,18?,19?,20?,24-,25?/m0/s1. The fourth-order valence-corrected chi connectivity index (χ4v) is 6.83. The second-order valence-corrected chi connectivity index (χ2v) is 9.81. The maximum atomic E-state index is 12.8. The van der Waals surface area contributed by atoms with Crippen LogP contribution in [0.25, 0.3) is 0 Å². The third-order valence-electron chi connectivity index (χ3n) is 7.81. The molecule has 0 radical (unpaired) electrons. The van der Waals surface area contributed by atoms with Gasteiger partial charge in [0.2, 0.25) is 5.91 Å². The van der Waals surface area contributed by atoms with E-state index >= 15 is 0 Å². The van der Waals surface area contributed by atoms with E-state index in [4.69, 9.17) is 4.42 Å². The van der Waals surface area contributed by atoms with Gasteiger partial charge in [-0.05, 0) is 86.3 Å². The SMILES string of the molecule is C[C@H](NC(=O)CN[C@@H](c1ccccc1)c1ccco1)C12CC3CC(CC(C3)C1)C2. The Morgan fingerprint density at radius 3 is 2.28 bits per heavy atom. The summed E-state index contributed by atoms with van der Waals surface area (Å²) in [5, 5.41) is 6.77. The number of hydrogen-bond acceptors (Lipinski definition) is 3. The zero-order valence-corrected chi connectivity index (χ0v) is 17.3. The number of benzene rings is 1. The van der Waals surface area contributed by atoms with E-state index in [1.807, 2.05) is 30.3 Å². The van der Waals surface area contributed by atoms with Crippen molar-refractivity contribution in [3.8, 4) is 0 Å². The highest BCUT2D eigenvalue weighted by Gasteiger charge is 2.53. The number of carbonyl (C=O) groups is 1. The van der Waals surface area contributed by atoms with Crippen molar-refractivity contribution in [2.75, 3.05) is 6.54 Å². The van der Waals surface area contributed by atoms with E-state index < -0.39 is 0 Å². The highest BCUT2D eigenvalue weighted by Crippen LogP contribution is 2.61. The van der Waals surface area contributed by atoms with E-state index in [-0.39, 0.29) is 24.5 Å². The first-order valence-corrected chi connectivity index (χ1v) is 11.2. The summed E-state index contributed by atoms with van der Waals surface area (Å²) in [4.78, 5) is 12.8. The largest absolute Gasteiger partial charge is 0.467 e. The lowest BCUT2D eigenvalue weighted by molar-refractivity contribution is -0.125. The first-order valence-electron chi connectivity index (χ1n) is 11.2. The number of amides is 1. The lowest BCUT2D eigenvalue weighted by Gasteiger charge is -2.59. The Morgan fingerprint density at radius 1 is 1.03 bits per heavy atom. The van der Waals surface area contributed by atoms with Gasteiger partial charge in [0.05, 0.1) is 18.8 Å². The van der Waals surface area contributed by atoms with Crippen LogP contribution in [0, 0.1) is 23.2 Å². The van der Waals surface area contributed by atoms with Crippen molar-refractivity contribution < 1.29 is 9.21 Å². The maximum Gasteiger partial charge on any atom is 0.234 e. The molecule has 0 aliphatic heterocycles. The van der Waals surface area contributed by atoms with Gasteiger partial charge in [-0.3, -0.25) is 10.1 Å². The molecule has 1 heterocycles. The van der Waals surface area contributed by atoms with Gasteiger partial charge in [-0.2, -0.15) is 0 Å². The van der Waals surface area contributed by atoms with Gasteiger partial charge in [0.1, 0.15) is 5.76 Å². The third-order valence-corrected chi connectivity index (χ3v) is 7.81. The summed E-state index contributed by atoms with van der Waals surface area (Å²) in [7, 11) is 0. The van der Waals surface area contributed by atoms with Crippen molar-refractivity contribution >= 4 is 5.91 Å². The van der Waals surface area contributed by atoms with Gasteiger partial charge in [0.15, 0.2) is 0 Å². The van der Waals surface area contributed by atoms with E-state index in [1.54, 1.807) is 6.26 Å². The Labute approximate surface area is 173 Å². The summed E-state index contributed by atoms with van der Waals surface area (Å²) in [6.07, 6.45) is 9.92. The Hall–Kier alpha value is -2.07. The number of rotatable bonds is 7. The average molecular weight is 393 g/mol. The zero-order chi connectivity index (χ0) is 19.8. The molecule has 0 saturated heterocycles. The normalized spacial score (nSPS) is 32.1. The highest BCUT2D eigenvalue weighted by molar-refractivity contribution is 5.78. The topological polar surface area (TPSA) is 54.3 Å². The van der Waals surface area contributed by atoms with Gasteiger partial charge in [0, 0.05) is 6.04 Å². The molecule has 154 valence electrons. The Bertz CT molecular complexity index is 794. The van der Waals surface area contributed by atoms with Crippen LogP contribution in [-0.2, 0) is 4.79 Å². The summed E-state index contributed by atoms with van der Waals surface area (Å²) < 4.78 is 5.63. The smallest absolute Gasteiger partial charge is 0.234 e. The number of nitrogens with one attached hydrogen (secondary N) is 2. The molecule has 0 spiro atoms. The zero-order valence-electron chi connectivity index (χ0n) is 17.3. The fourth-order valence-electron chi connectivity index (χ4n) is 6.83. The summed E-state index contributed by atoms with van der Waals surface area (Å²) in [5.74, 6) is 3.62. The molecular weight excluding hydrogens is 360 g/mol. The molecule has 1 aromatic carbocycles. The Balaban J connectivity index is 1.22. The number of carbonyl (C=O) groups excluding carboxylic acids is 1. The van der Waals surface area contributed by atoms with Crippen LogP contribution in [0.3, 0.4) is 0 Å². The fraction of sp³-hybridized carbons (Fsp3) is 0.560. The predicted octanol–water partition coefficient (Wildman–Crippen LogP) is 4.68. The molecule has 4 aliphatic carbocycles. The van der Waals surface area contributed by atoms with Gasteiger partial charge < -0.3 is 9.73 Å². The van der Waals surface area contributed by atoms with Crippen LogP contribution in [0.1, 0.15) is 62.8 Å². The molecule has 2 atom stereocenters. The van der Waals surface area contributed by atoms with E-state index in [0.29, 0.717) is 5.41 Å². The molecule has 4 aliphatic rings. The van der Waals surface area contributed by atoms with E-state index in [9.17, 15) is 4.79 Å². The molecule has 2 N–H and O–H groups in total. The number of furan rings is 1. The average Bonchev–Trinajstić information content (AvgIpc) is 3.22. The van der Waals surface area contributed by atoms with Crippen molar-refractivity contribution in [3.63, 3.8) is 0 Å². The molecule has 4 heteroatoms. The van der Waals surface area contributed by atoms with Crippen molar-refractivity contribution in [2.45, 2.75) is 57.5 Å². The monoisotopic (exact) mass is 392 g/mol. The molecule has 1 amide bonds. The molecular formula is C25H32N2O2. The van der Waals surface area contributed by atoms with Crippen molar-refractivity contribution in [1.29, 1.82) is 0 Å². The molecule has 0 unspecified atom stereocenters. The molecule has 6 rings (SSSR count). The molecule has 1 aromatic heterocycles. The van der Waals surface area contributed by atoms with Crippen LogP contribution in [0.5, 0.6) is 0 Å². The third kappa shape index (κ3) is 3.75. The number of hydrogen-bond donors (Lipinski definition) is 2. The first-order chi connectivity index (χ1) is 14.1. The van der Waals surface area contributed by atoms with E-state index in [1.165, 1.54) is 38.5 Å². The van der Waals surface area contributed by atoms with Crippen molar-refractivity contribution in [2.24, 2.45) is 23.2 Å². The van der Waals surface area contributed by atoms with Gasteiger partial charge >= 0.3 is 0 Å². The van der Waals surface area contributed by atoms with Crippen LogP contribution < -0.4 is 10.6 Å². The summed E-state index contributed by atoms with van der Waals surface area (Å²) in [5.41, 5.74) is 1.44. The van der Waals surface area contributed by atoms with E-state index in [2.05, 4.69) is 29.7 Å². The highest BCUT2D eigenvalue weighted by atomic mass is 16.3. The predicted molar refractivity (Wildman–Crippen MR) is 113 cm³/mol.